The number of hydrogen-bond acceptors (Lipinski definition) is 7. The molecule has 5 rings (SSSR count). The highest BCUT2D eigenvalue weighted by atomic mass is 19.1. The molecule has 0 saturated carbocycles. The highest BCUT2D eigenvalue weighted by Gasteiger charge is 2.22. The second-order valence-electron chi connectivity index (χ2n) is 8.18. The Kier molecular flexibility index (Phi) is 6.32. The average Bonchev–Trinajstić information content (AvgIpc) is 2.86. The molecular formula is C24H26FN5O3. The molecular weight excluding hydrogens is 425 g/mol. The first-order valence-corrected chi connectivity index (χ1v) is 11.2. The zero-order valence-electron chi connectivity index (χ0n) is 18.2. The number of amides is 1. The van der Waals surface area contributed by atoms with Crippen LogP contribution in [0.1, 0.15) is 23.2 Å². The summed E-state index contributed by atoms with van der Waals surface area (Å²) in [5.41, 5.74) is 1.25. The summed E-state index contributed by atoms with van der Waals surface area (Å²) in [6.45, 7) is 3.68. The van der Waals surface area contributed by atoms with Gasteiger partial charge in [-0.3, -0.25) is 4.79 Å². The third-order valence-electron chi connectivity index (χ3n) is 5.90. The van der Waals surface area contributed by atoms with Crippen LogP contribution in [0.2, 0.25) is 0 Å². The van der Waals surface area contributed by atoms with Crippen molar-refractivity contribution in [2.75, 3.05) is 44.7 Å². The van der Waals surface area contributed by atoms with E-state index in [0.29, 0.717) is 49.2 Å². The maximum atomic E-state index is 14.4. The molecule has 0 spiro atoms. The third-order valence-corrected chi connectivity index (χ3v) is 5.90. The molecule has 0 radical (unpaired) electrons. The Balaban J connectivity index is 1.38. The Morgan fingerprint density at radius 3 is 2.82 bits per heavy atom. The van der Waals surface area contributed by atoms with E-state index < -0.39 is 5.82 Å². The molecule has 8 nitrogen and oxygen atoms in total. The number of fused-ring (bicyclic) bond motifs is 1. The molecule has 33 heavy (non-hydrogen) atoms. The molecule has 0 aliphatic carbocycles. The summed E-state index contributed by atoms with van der Waals surface area (Å²) in [5.74, 6) is 0.151. The number of morpholine rings is 1. The van der Waals surface area contributed by atoms with Gasteiger partial charge in [-0.25, -0.2) is 14.4 Å². The van der Waals surface area contributed by atoms with Gasteiger partial charge in [0, 0.05) is 30.4 Å². The van der Waals surface area contributed by atoms with Gasteiger partial charge in [0.05, 0.1) is 18.8 Å². The number of para-hydroxylation sites is 1. The molecule has 2 aliphatic rings. The number of nitrogens with zero attached hydrogens (tertiary/aromatic N) is 3. The molecule has 2 aliphatic heterocycles. The first-order chi connectivity index (χ1) is 16.2. The van der Waals surface area contributed by atoms with Crippen molar-refractivity contribution in [2.24, 2.45) is 0 Å². The lowest BCUT2D eigenvalue weighted by molar-refractivity contribution is 0.0300. The van der Waals surface area contributed by atoms with E-state index in [1.54, 1.807) is 17.2 Å². The highest BCUT2D eigenvalue weighted by molar-refractivity contribution is 5.95. The summed E-state index contributed by atoms with van der Waals surface area (Å²) in [4.78, 5) is 23.4. The van der Waals surface area contributed by atoms with Gasteiger partial charge in [0.25, 0.3) is 5.91 Å². The van der Waals surface area contributed by atoms with Gasteiger partial charge in [-0.2, -0.15) is 0 Å². The van der Waals surface area contributed by atoms with Gasteiger partial charge in [0.1, 0.15) is 23.2 Å². The molecule has 2 N–H and O–H groups in total. The smallest absolute Gasteiger partial charge is 0.257 e. The van der Waals surface area contributed by atoms with Crippen molar-refractivity contribution in [1.29, 1.82) is 0 Å². The predicted molar refractivity (Wildman–Crippen MR) is 122 cm³/mol. The fraction of sp³-hybridized carbons (Fsp3) is 0.375. The van der Waals surface area contributed by atoms with Gasteiger partial charge in [0.15, 0.2) is 0 Å². The van der Waals surface area contributed by atoms with Crippen molar-refractivity contribution in [3.8, 4) is 5.75 Å². The SMILES string of the molecule is O=C(c1cc(Nc2ncc3cccc(OC4CCNCC4)c3n2)ccc1F)N1CCOCC1. The normalized spacial score (nSPS) is 17.2. The maximum absolute atomic E-state index is 14.4. The van der Waals surface area contributed by atoms with Crippen molar-refractivity contribution in [2.45, 2.75) is 18.9 Å². The van der Waals surface area contributed by atoms with Gasteiger partial charge in [0.2, 0.25) is 5.95 Å². The average molecular weight is 452 g/mol. The molecule has 3 aromatic rings. The Morgan fingerprint density at radius 1 is 1.18 bits per heavy atom. The number of anilines is 2. The summed E-state index contributed by atoms with van der Waals surface area (Å²) in [6.07, 6.45) is 3.77. The summed E-state index contributed by atoms with van der Waals surface area (Å²) in [7, 11) is 0. The lowest BCUT2D eigenvalue weighted by Gasteiger charge is -2.27. The number of halogens is 1. The zero-order chi connectivity index (χ0) is 22.6. The Hall–Kier alpha value is -3.30. The molecule has 1 aromatic heterocycles. The molecule has 0 atom stereocenters. The minimum Gasteiger partial charge on any atom is -0.488 e. The van der Waals surface area contributed by atoms with E-state index in [4.69, 9.17) is 9.47 Å². The number of carbonyl (C=O) groups excluding carboxylic acids is 1. The molecule has 2 aromatic carbocycles. The van der Waals surface area contributed by atoms with Crippen molar-refractivity contribution in [1.82, 2.24) is 20.2 Å². The Labute approximate surface area is 191 Å². The molecule has 0 unspecified atom stereocenters. The van der Waals surface area contributed by atoms with Crippen LogP contribution in [0, 0.1) is 5.82 Å². The van der Waals surface area contributed by atoms with E-state index in [1.807, 2.05) is 18.2 Å². The third kappa shape index (κ3) is 4.89. The summed E-state index contributed by atoms with van der Waals surface area (Å²) >= 11 is 0. The highest BCUT2D eigenvalue weighted by Crippen LogP contribution is 2.28. The van der Waals surface area contributed by atoms with E-state index in [9.17, 15) is 9.18 Å². The molecule has 0 bridgehead atoms. The molecule has 3 heterocycles. The number of hydrogen-bond donors (Lipinski definition) is 2. The minimum absolute atomic E-state index is 0.0117. The number of nitrogens with one attached hydrogen (secondary N) is 2. The van der Waals surface area contributed by atoms with Crippen LogP contribution in [0.4, 0.5) is 16.0 Å². The van der Waals surface area contributed by atoms with E-state index in [0.717, 1.165) is 31.3 Å². The number of benzene rings is 2. The van der Waals surface area contributed by atoms with E-state index in [-0.39, 0.29) is 17.6 Å². The molecule has 9 heteroatoms. The first kappa shape index (κ1) is 21.5. The van der Waals surface area contributed by atoms with Crippen LogP contribution < -0.4 is 15.4 Å². The molecule has 2 fully saturated rings. The van der Waals surface area contributed by atoms with Crippen LogP contribution in [0.25, 0.3) is 10.9 Å². The topological polar surface area (TPSA) is 88.6 Å². The van der Waals surface area contributed by atoms with E-state index >= 15 is 0 Å². The maximum Gasteiger partial charge on any atom is 0.257 e. The van der Waals surface area contributed by atoms with Gasteiger partial charge in [-0.1, -0.05) is 12.1 Å². The van der Waals surface area contributed by atoms with Crippen LogP contribution >= 0.6 is 0 Å². The fourth-order valence-electron chi connectivity index (χ4n) is 4.11. The molecule has 1 amide bonds. The second kappa shape index (κ2) is 9.68. The zero-order valence-corrected chi connectivity index (χ0v) is 18.2. The largest absolute Gasteiger partial charge is 0.488 e. The summed E-state index contributed by atoms with van der Waals surface area (Å²) < 4.78 is 26.0. The number of piperidine rings is 1. The summed E-state index contributed by atoms with van der Waals surface area (Å²) in [6, 6.07) is 10.1. The monoisotopic (exact) mass is 451 g/mol. The van der Waals surface area contributed by atoms with Crippen LogP contribution in [0.3, 0.4) is 0 Å². The van der Waals surface area contributed by atoms with Gasteiger partial charge in [-0.15, -0.1) is 0 Å². The summed E-state index contributed by atoms with van der Waals surface area (Å²) in [5, 5.41) is 7.31. The number of rotatable bonds is 5. The Morgan fingerprint density at radius 2 is 2.00 bits per heavy atom. The quantitative estimate of drug-likeness (QED) is 0.616. The van der Waals surface area contributed by atoms with Crippen LogP contribution in [-0.2, 0) is 4.74 Å². The van der Waals surface area contributed by atoms with Gasteiger partial charge >= 0.3 is 0 Å². The fourth-order valence-corrected chi connectivity index (χ4v) is 4.11. The number of carbonyl (C=O) groups is 1. The van der Waals surface area contributed by atoms with Crippen molar-refractivity contribution in [3.63, 3.8) is 0 Å². The number of aromatic nitrogens is 2. The van der Waals surface area contributed by atoms with Crippen molar-refractivity contribution in [3.05, 3.63) is 54.0 Å². The van der Waals surface area contributed by atoms with Crippen molar-refractivity contribution < 1.29 is 18.7 Å². The molecule has 2 saturated heterocycles. The first-order valence-electron chi connectivity index (χ1n) is 11.2. The minimum atomic E-state index is -0.561. The van der Waals surface area contributed by atoms with Gasteiger partial charge in [-0.05, 0) is 50.2 Å². The van der Waals surface area contributed by atoms with Crippen LogP contribution in [-0.4, -0.2) is 66.3 Å². The van der Waals surface area contributed by atoms with E-state index in [2.05, 4.69) is 20.6 Å². The van der Waals surface area contributed by atoms with Crippen molar-refractivity contribution >= 4 is 28.4 Å². The standard InChI is InChI=1S/C24H26FN5O3/c25-20-5-4-17(14-19(20)23(31)30-10-12-32-13-11-30)28-24-27-15-16-2-1-3-21(22(16)29-24)33-18-6-8-26-9-7-18/h1-5,14-15,18,26H,6-13H2,(H,27,28,29). The predicted octanol–water partition coefficient (Wildman–Crippen LogP) is 3.12. The van der Waals surface area contributed by atoms with Gasteiger partial charge < -0.3 is 25.0 Å². The second-order valence-corrected chi connectivity index (χ2v) is 8.18. The van der Waals surface area contributed by atoms with Crippen LogP contribution in [0.15, 0.2) is 42.6 Å². The Bertz CT molecular complexity index is 1150. The molecule has 172 valence electrons. The van der Waals surface area contributed by atoms with Crippen LogP contribution in [0.5, 0.6) is 5.75 Å². The number of ether oxygens (including phenoxy) is 2. The van der Waals surface area contributed by atoms with E-state index in [1.165, 1.54) is 12.1 Å². The lowest BCUT2D eigenvalue weighted by atomic mass is 10.1. The lowest BCUT2D eigenvalue weighted by Crippen LogP contribution is -2.41.